The summed E-state index contributed by atoms with van der Waals surface area (Å²) in [5.74, 6) is 0.822. The molecule has 124 valence electrons. The Morgan fingerprint density at radius 1 is 1.30 bits per heavy atom. The summed E-state index contributed by atoms with van der Waals surface area (Å²) in [5.41, 5.74) is 0. The largest absolute Gasteiger partial charge is 0.360 e. The van der Waals surface area contributed by atoms with E-state index in [4.69, 9.17) is 12.2 Å². The van der Waals surface area contributed by atoms with E-state index in [1.807, 2.05) is 10.7 Å². The lowest BCUT2D eigenvalue weighted by atomic mass is 10.3. The minimum absolute atomic E-state index is 0.822. The smallest absolute Gasteiger partial charge is 0.225 e. The van der Waals surface area contributed by atoms with Crippen LogP contribution in [0.25, 0.3) is 0 Å². The average molecular weight is 353 g/mol. The van der Waals surface area contributed by atoms with Gasteiger partial charge in [0.1, 0.15) is 0 Å². The number of hydrogen-bond donors (Lipinski definition) is 2. The highest BCUT2D eigenvalue weighted by Crippen LogP contribution is 2.13. The van der Waals surface area contributed by atoms with Gasteiger partial charge in [-0.3, -0.25) is 0 Å². The molecule has 23 heavy (non-hydrogen) atoms. The number of aromatic nitrogens is 4. The van der Waals surface area contributed by atoms with E-state index in [1.54, 1.807) is 23.7 Å². The Hall–Kier alpha value is -1.58. The van der Waals surface area contributed by atoms with Gasteiger partial charge in [-0.05, 0) is 24.7 Å². The van der Waals surface area contributed by atoms with E-state index in [0.29, 0.717) is 0 Å². The molecule has 1 fully saturated rings. The SMILES string of the molecule is CCCNc1nn(C[NH+]2CCN(c3ncccn3)CC2)c(=S)s1. The molecule has 2 N–H and O–H groups in total. The van der Waals surface area contributed by atoms with Crippen molar-refractivity contribution >= 4 is 34.6 Å². The first-order chi connectivity index (χ1) is 11.3. The molecular weight excluding hydrogens is 330 g/mol. The van der Waals surface area contributed by atoms with Crippen LogP contribution in [0.2, 0.25) is 0 Å². The number of rotatable bonds is 6. The molecule has 1 saturated heterocycles. The fourth-order valence-electron chi connectivity index (χ4n) is 2.56. The van der Waals surface area contributed by atoms with E-state index in [-0.39, 0.29) is 0 Å². The number of nitrogens with one attached hydrogen (secondary N) is 2. The third-order valence-corrected chi connectivity index (χ3v) is 5.08. The van der Waals surface area contributed by atoms with Crippen molar-refractivity contribution in [2.45, 2.75) is 20.0 Å². The van der Waals surface area contributed by atoms with E-state index in [9.17, 15) is 0 Å². The van der Waals surface area contributed by atoms with Gasteiger partial charge in [-0.1, -0.05) is 18.3 Å². The Morgan fingerprint density at radius 3 is 2.74 bits per heavy atom. The van der Waals surface area contributed by atoms with Crippen LogP contribution in [-0.2, 0) is 6.67 Å². The van der Waals surface area contributed by atoms with Gasteiger partial charge in [0.25, 0.3) is 0 Å². The van der Waals surface area contributed by atoms with Gasteiger partial charge in [0.05, 0.1) is 26.2 Å². The summed E-state index contributed by atoms with van der Waals surface area (Å²) in [7, 11) is 0. The van der Waals surface area contributed by atoms with Gasteiger partial charge >= 0.3 is 0 Å². The minimum atomic E-state index is 0.822. The molecule has 0 spiro atoms. The maximum Gasteiger partial charge on any atom is 0.225 e. The van der Waals surface area contributed by atoms with Gasteiger partial charge in [-0.15, -0.1) is 5.10 Å². The van der Waals surface area contributed by atoms with Gasteiger partial charge in [-0.2, -0.15) is 4.68 Å². The molecule has 0 aliphatic carbocycles. The number of nitrogens with zero attached hydrogens (tertiary/aromatic N) is 5. The molecule has 3 heterocycles. The predicted octanol–water partition coefficient (Wildman–Crippen LogP) is 0.649. The van der Waals surface area contributed by atoms with Gasteiger partial charge in [0, 0.05) is 18.9 Å². The Balaban J connectivity index is 1.55. The topological polar surface area (TPSA) is 63.3 Å². The van der Waals surface area contributed by atoms with Crippen molar-refractivity contribution in [3.63, 3.8) is 0 Å². The highest BCUT2D eigenvalue weighted by Gasteiger charge is 2.22. The molecule has 0 unspecified atom stereocenters. The fourth-order valence-corrected chi connectivity index (χ4v) is 3.59. The molecule has 1 aliphatic heterocycles. The zero-order valence-corrected chi connectivity index (χ0v) is 14.9. The second kappa shape index (κ2) is 7.80. The Kier molecular flexibility index (Phi) is 5.52. The zero-order chi connectivity index (χ0) is 16.1. The van der Waals surface area contributed by atoms with Crippen LogP contribution in [0.3, 0.4) is 0 Å². The molecule has 0 atom stereocenters. The first-order valence-electron chi connectivity index (χ1n) is 7.93. The van der Waals surface area contributed by atoms with Crippen LogP contribution < -0.4 is 15.1 Å². The van der Waals surface area contributed by atoms with Crippen molar-refractivity contribution in [3.8, 4) is 0 Å². The quantitative estimate of drug-likeness (QED) is 0.745. The van der Waals surface area contributed by atoms with Crippen molar-refractivity contribution in [1.29, 1.82) is 0 Å². The fraction of sp³-hybridized carbons (Fsp3) is 0.571. The van der Waals surface area contributed by atoms with E-state index in [0.717, 1.165) is 60.8 Å². The van der Waals surface area contributed by atoms with Gasteiger partial charge in [0.2, 0.25) is 11.1 Å². The maximum absolute atomic E-state index is 5.43. The van der Waals surface area contributed by atoms with Gasteiger partial charge in [-0.25, -0.2) is 9.97 Å². The molecule has 0 radical (unpaired) electrons. The van der Waals surface area contributed by atoms with Crippen LogP contribution in [0.1, 0.15) is 13.3 Å². The van der Waals surface area contributed by atoms with Crippen LogP contribution in [0.4, 0.5) is 11.1 Å². The van der Waals surface area contributed by atoms with E-state index in [1.165, 1.54) is 4.90 Å². The molecule has 0 amide bonds. The van der Waals surface area contributed by atoms with Crippen molar-refractivity contribution in [3.05, 3.63) is 22.4 Å². The van der Waals surface area contributed by atoms with Crippen molar-refractivity contribution < 1.29 is 4.90 Å². The Labute approximate surface area is 145 Å². The highest BCUT2D eigenvalue weighted by atomic mass is 32.1. The highest BCUT2D eigenvalue weighted by molar-refractivity contribution is 7.73. The normalized spacial score (nSPS) is 15.8. The molecule has 1 aliphatic rings. The number of piperazine rings is 1. The lowest BCUT2D eigenvalue weighted by molar-refractivity contribution is -0.924. The lowest BCUT2D eigenvalue weighted by Crippen LogP contribution is -3.14. The summed E-state index contributed by atoms with van der Waals surface area (Å²) in [6, 6.07) is 1.85. The van der Waals surface area contributed by atoms with Crippen LogP contribution >= 0.6 is 23.6 Å². The molecule has 9 heteroatoms. The van der Waals surface area contributed by atoms with Crippen molar-refractivity contribution in [1.82, 2.24) is 19.7 Å². The summed E-state index contributed by atoms with van der Waals surface area (Å²) in [6.45, 7) is 7.89. The van der Waals surface area contributed by atoms with Crippen molar-refractivity contribution in [2.75, 3.05) is 42.9 Å². The second-order valence-corrected chi connectivity index (χ2v) is 7.17. The summed E-state index contributed by atoms with van der Waals surface area (Å²) in [6.07, 6.45) is 4.67. The monoisotopic (exact) mass is 352 g/mol. The molecule has 0 aromatic carbocycles. The molecular formula is C14H22N7S2+. The molecule has 7 nitrogen and oxygen atoms in total. The first kappa shape index (κ1) is 16.3. The predicted molar refractivity (Wildman–Crippen MR) is 94.7 cm³/mol. The maximum atomic E-state index is 5.43. The molecule has 0 saturated carbocycles. The van der Waals surface area contributed by atoms with Crippen molar-refractivity contribution in [2.24, 2.45) is 0 Å². The summed E-state index contributed by atoms with van der Waals surface area (Å²) in [4.78, 5) is 12.4. The van der Waals surface area contributed by atoms with Crippen LogP contribution in [-0.4, -0.2) is 52.5 Å². The van der Waals surface area contributed by atoms with E-state index < -0.39 is 0 Å². The summed E-state index contributed by atoms with van der Waals surface area (Å²) < 4.78 is 2.78. The molecule has 0 bridgehead atoms. The van der Waals surface area contributed by atoms with Crippen LogP contribution in [0.5, 0.6) is 0 Å². The molecule has 3 rings (SSSR count). The minimum Gasteiger partial charge on any atom is -0.360 e. The standard InChI is InChI=1S/C14H21N7S2/c1-2-4-17-13-18-21(14(22)23-13)11-19-7-9-20(10-8-19)12-15-5-3-6-16-12/h3,5-6H,2,4,7-11H2,1H3,(H,17,18)/p+1. The summed E-state index contributed by atoms with van der Waals surface area (Å²) >= 11 is 6.98. The van der Waals surface area contributed by atoms with Gasteiger partial charge in [0.15, 0.2) is 10.6 Å². The molecule has 2 aromatic heterocycles. The van der Waals surface area contributed by atoms with Gasteiger partial charge < -0.3 is 15.1 Å². The van der Waals surface area contributed by atoms with E-state index >= 15 is 0 Å². The number of hydrogen-bond acceptors (Lipinski definition) is 7. The lowest BCUT2D eigenvalue weighted by Gasteiger charge is -2.31. The average Bonchev–Trinajstić information content (AvgIpc) is 2.94. The van der Waals surface area contributed by atoms with E-state index in [2.05, 4.69) is 32.2 Å². The zero-order valence-electron chi connectivity index (χ0n) is 13.2. The first-order valence-corrected chi connectivity index (χ1v) is 9.16. The third kappa shape index (κ3) is 4.24. The Morgan fingerprint density at radius 2 is 2.04 bits per heavy atom. The number of quaternary nitrogens is 1. The summed E-state index contributed by atoms with van der Waals surface area (Å²) in [5, 5.41) is 8.81. The Bertz CT molecular complexity index is 661. The number of anilines is 2. The van der Waals surface area contributed by atoms with Crippen LogP contribution in [0.15, 0.2) is 18.5 Å². The van der Waals surface area contributed by atoms with Crippen LogP contribution in [0, 0.1) is 3.95 Å². The molecule has 2 aromatic rings. The second-order valence-electron chi connectivity index (χ2n) is 5.54. The third-order valence-electron chi connectivity index (χ3n) is 3.81.